The van der Waals surface area contributed by atoms with E-state index in [4.69, 9.17) is 25.5 Å². The van der Waals surface area contributed by atoms with Gasteiger partial charge in [-0.2, -0.15) is 0 Å². The predicted molar refractivity (Wildman–Crippen MR) is 138 cm³/mol. The highest BCUT2D eigenvalue weighted by Crippen LogP contribution is 2.43. The van der Waals surface area contributed by atoms with Crippen LogP contribution >= 0.6 is 11.6 Å². The first kappa shape index (κ1) is 23.9. The number of hydrogen-bond donors (Lipinski definition) is 0. The van der Waals surface area contributed by atoms with Gasteiger partial charge < -0.3 is 13.9 Å². The fourth-order valence-electron chi connectivity index (χ4n) is 4.39. The smallest absolute Gasteiger partial charge is 0.296 e. The number of halogens is 1. The summed E-state index contributed by atoms with van der Waals surface area (Å²) in [6, 6.07) is 14.8. The van der Waals surface area contributed by atoms with Crippen molar-refractivity contribution in [2.24, 2.45) is 5.92 Å². The molecule has 1 aliphatic rings. The number of rotatable bonds is 6. The van der Waals surface area contributed by atoms with E-state index in [1.165, 1.54) is 4.90 Å². The summed E-state index contributed by atoms with van der Waals surface area (Å²) in [5.74, 6) is 1.37. The molecule has 0 N–H and O–H groups in total. The Hall–Kier alpha value is -3.84. The SMILES string of the molecule is COc1cc(C2c3c(oc4ccc(Cl)cc4c3=O)C(=O)N2c2cccc(C)n2)ccc1OCC(C)C. The molecule has 1 aliphatic heterocycles. The second kappa shape index (κ2) is 9.32. The molecule has 5 rings (SSSR count). The Balaban J connectivity index is 1.74. The molecule has 0 fully saturated rings. The van der Waals surface area contributed by atoms with Crippen LogP contribution in [0.15, 0.2) is 63.8 Å². The predicted octanol–water partition coefficient (Wildman–Crippen LogP) is 5.94. The summed E-state index contributed by atoms with van der Waals surface area (Å²) in [4.78, 5) is 33.6. The van der Waals surface area contributed by atoms with E-state index in [-0.39, 0.29) is 16.8 Å². The Kier molecular flexibility index (Phi) is 6.18. The minimum Gasteiger partial charge on any atom is -0.493 e. The number of benzene rings is 2. The third-order valence-corrected chi connectivity index (χ3v) is 6.26. The quantitative estimate of drug-likeness (QED) is 0.323. The molecule has 36 heavy (non-hydrogen) atoms. The van der Waals surface area contributed by atoms with Gasteiger partial charge in [-0.15, -0.1) is 0 Å². The molecule has 1 amide bonds. The third kappa shape index (κ3) is 4.09. The highest BCUT2D eigenvalue weighted by molar-refractivity contribution is 6.31. The molecule has 0 aliphatic carbocycles. The van der Waals surface area contributed by atoms with E-state index in [0.29, 0.717) is 51.4 Å². The van der Waals surface area contributed by atoms with E-state index >= 15 is 0 Å². The van der Waals surface area contributed by atoms with Crippen molar-refractivity contribution in [3.63, 3.8) is 0 Å². The van der Waals surface area contributed by atoms with E-state index in [1.807, 2.05) is 25.1 Å². The van der Waals surface area contributed by atoms with Crippen molar-refractivity contribution in [2.75, 3.05) is 18.6 Å². The second-order valence-electron chi connectivity index (χ2n) is 9.14. The van der Waals surface area contributed by atoms with E-state index in [1.54, 1.807) is 43.5 Å². The van der Waals surface area contributed by atoms with Crippen LogP contribution in [0.1, 0.15) is 47.3 Å². The number of fused-ring (bicyclic) bond motifs is 2. The van der Waals surface area contributed by atoms with E-state index in [9.17, 15) is 9.59 Å². The van der Waals surface area contributed by atoms with Gasteiger partial charge in [-0.05, 0) is 60.9 Å². The van der Waals surface area contributed by atoms with Crippen molar-refractivity contribution in [1.82, 2.24) is 4.98 Å². The van der Waals surface area contributed by atoms with Gasteiger partial charge in [-0.1, -0.05) is 37.6 Å². The van der Waals surface area contributed by atoms with Crippen molar-refractivity contribution >= 4 is 34.3 Å². The number of methoxy groups -OCH3 is 1. The number of carbonyl (C=O) groups excluding carboxylic acids is 1. The molecule has 7 nitrogen and oxygen atoms in total. The molecule has 184 valence electrons. The van der Waals surface area contributed by atoms with Crippen LogP contribution in [-0.2, 0) is 0 Å². The summed E-state index contributed by atoms with van der Waals surface area (Å²) in [5, 5.41) is 0.711. The number of anilines is 1. The van der Waals surface area contributed by atoms with Gasteiger partial charge in [0.2, 0.25) is 5.76 Å². The lowest BCUT2D eigenvalue weighted by atomic mass is 9.98. The fraction of sp³-hybridized carbons (Fsp3) is 0.250. The largest absolute Gasteiger partial charge is 0.493 e. The summed E-state index contributed by atoms with van der Waals surface area (Å²) in [6.45, 7) is 6.49. The molecule has 1 atom stereocenters. The third-order valence-electron chi connectivity index (χ3n) is 6.03. The lowest BCUT2D eigenvalue weighted by Crippen LogP contribution is -2.30. The number of hydrogen-bond acceptors (Lipinski definition) is 6. The molecule has 2 aromatic carbocycles. The maximum Gasteiger partial charge on any atom is 0.296 e. The fourth-order valence-corrected chi connectivity index (χ4v) is 4.56. The van der Waals surface area contributed by atoms with Crippen LogP contribution in [-0.4, -0.2) is 24.6 Å². The van der Waals surface area contributed by atoms with E-state index < -0.39 is 11.9 Å². The Morgan fingerprint density at radius 3 is 2.61 bits per heavy atom. The summed E-state index contributed by atoms with van der Waals surface area (Å²) in [7, 11) is 1.55. The van der Waals surface area contributed by atoms with Gasteiger partial charge in [0.05, 0.1) is 30.7 Å². The normalized spacial score (nSPS) is 15.0. The number of pyridine rings is 1. The molecule has 0 radical (unpaired) electrons. The Morgan fingerprint density at radius 1 is 1.08 bits per heavy atom. The number of aryl methyl sites for hydroxylation is 1. The number of nitrogens with zero attached hydrogens (tertiary/aromatic N) is 2. The first-order chi connectivity index (χ1) is 17.3. The molecule has 2 aromatic heterocycles. The molecule has 0 saturated carbocycles. The van der Waals surface area contributed by atoms with Crippen molar-refractivity contribution in [2.45, 2.75) is 26.8 Å². The van der Waals surface area contributed by atoms with E-state index in [0.717, 1.165) is 5.69 Å². The Bertz CT molecular complexity index is 1550. The topological polar surface area (TPSA) is 81.9 Å². The molecule has 0 bridgehead atoms. The van der Waals surface area contributed by atoms with Crippen molar-refractivity contribution in [3.05, 3.63) is 92.4 Å². The molecular weight excluding hydrogens is 480 g/mol. The van der Waals surface area contributed by atoms with Crippen LogP contribution in [0.3, 0.4) is 0 Å². The van der Waals surface area contributed by atoms with Crippen LogP contribution in [0.4, 0.5) is 5.82 Å². The van der Waals surface area contributed by atoms with Crippen LogP contribution in [0.5, 0.6) is 11.5 Å². The summed E-state index contributed by atoms with van der Waals surface area (Å²) in [5.41, 5.74) is 1.61. The number of aromatic nitrogens is 1. The van der Waals surface area contributed by atoms with Gasteiger partial charge >= 0.3 is 0 Å². The van der Waals surface area contributed by atoms with Crippen molar-refractivity contribution in [1.29, 1.82) is 0 Å². The van der Waals surface area contributed by atoms with Gasteiger partial charge in [-0.3, -0.25) is 14.5 Å². The number of ether oxygens (including phenoxy) is 2. The maximum atomic E-state index is 13.8. The van der Waals surface area contributed by atoms with Gasteiger partial charge in [0.1, 0.15) is 11.4 Å². The minimum atomic E-state index is -0.783. The maximum absolute atomic E-state index is 13.8. The van der Waals surface area contributed by atoms with Crippen molar-refractivity contribution < 1.29 is 18.7 Å². The molecule has 3 heterocycles. The van der Waals surface area contributed by atoms with Crippen LogP contribution < -0.4 is 19.8 Å². The van der Waals surface area contributed by atoms with Crippen LogP contribution in [0, 0.1) is 12.8 Å². The Morgan fingerprint density at radius 2 is 1.89 bits per heavy atom. The number of amides is 1. The van der Waals surface area contributed by atoms with Crippen LogP contribution in [0.2, 0.25) is 5.02 Å². The van der Waals surface area contributed by atoms with E-state index in [2.05, 4.69) is 18.8 Å². The zero-order chi connectivity index (χ0) is 25.6. The average Bonchev–Trinajstić information content (AvgIpc) is 3.15. The van der Waals surface area contributed by atoms with Crippen molar-refractivity contribution in [3.8, 4) is 11.5 Å². The summed E-state index contributed by atoms with van der Waals surface area (Å²) in [6.07, 6.45) is 0. The van der Waals surface area contributed by atoms with Gasteiger partial charge in [0, 0.05) is 10.7 Å². The molecule has 0 spiro atoms. The molecular formula is C28H25ClN2O5. The zero-order valence-electron chi connectivity index (χ0n) is 20.4. The molecule has 1 unspecified atom stereocenters. The monoisotopic (exact) mass is 504 g/mol. The first-order valence-corrected chi connectivity index (χ1v) is 12.0. The minimum absolute atomic E-state index is 0.0118. The highest BCUT2D eigenvalue weighted by Gasteiger charge is 2.44. The molecule has 4 aromatic rings. The van der Waals surface area contributed by atoms with Crippen LogP contribution in [0.25, 0.3) is 11.0 Å². The second-order valence-corrected chi connectivity index (χ2v) is 9.58. The Labute approximate surface area is 213 Å². The molecule has 0 saturated heterocycles. The summed E-state index contributed by atoms with van der Waals surface area (Å²) >= 11 is 6.18. The number of carbonyl (C=O) groups is 1. The average molecular weight is 505 g/mol. The first-order valence-electron chi connectivity index (χ1n) is 11.6. The lowest BCUT2D eigenvalue weighted by Gasteiger charge is -2.25. The standard InChI is InChI=1S/C28H25ClN2O5/c1-15(2)14-35-21-10-8-17(12-22(21)34-4)25-24-26(32)19-13-18(29)9-11-20(19)36-27(24)28(33)31(25)23-7-5-6-16(3)30-23/h5-13,15,25H,14H2,1-4H3. The lowest BCUT2D eigenvalue weighted by molar-refractivity contribution is 0.0970. The highest BCUT2D eigenvalue weighted by atomic mass is 35.5. The van der Waals surface area contributed by atoms with Gasteiger partial charge in [-0.25, -0.2) is 4.98 Å². The van der Waals surface area contributed by atoms with Gasteiger partial charge in [0.25, 0.3) is 5.91 Å². The zero-order valence-corrected chi connectivity index (χ0v) is 21.1. The molecule has 8 heteroatoms. The van der Waals surface area contributed by atoms with Gasteiger partial charge in [0.15, 0.2) is 16.9 Å². The summed E-state index contributed by atoms with van der Waals surface area (Å²) < 4.78 is 17.5.